The van der Waals surface area contributed by atoms with Crippen molar-refractivity contribution >= 4 is 7.82 Å². The van der Waals surface area contributed by atoms with E-state index < -0.39 is 44.0 Å². The Hall–Kier alpha value is -1.37. The lowest BCUT2D eigenvalue weighted by molar-refractivity contribution is -0.309. The topological polar surface area (TPSA) is 148 Å². The Labute approximate surface area is 345 Å². The maximum atomic E-state index is 12.7. The molecule has 12 nitrogen and oxygen atoms in total. The minimum atomic E-state index is -4.31. The van der Waals surface area contributed by atoms with Crippen molar-refractivity contribution in [3.63, 3.8) is 0 Å². The highest BCUT2D eigenvalue weighted by Crippen LogP contribution is 2.43. The molecule has 1 aliphatic heterocycles. The SMILES string of the molecule is CCCCCCCCCCCCCCCCOC(OCCCCCCCCCCCCCCCC)O[C@@H]1C[C@H](n2cc(C)c(=O)[nH]c2=O)OC1COP(=O)(O)OC. The molecule has 0 aromatic carbocycles. The Morgan fingerprint density at radius 2 is 1.12 bits per heavy atom. The largest absolute Gasteiger partial charge is 0.472 e. The summed E-state index contributed by atoms with van der Waals surface area (Å²) in [5, 5.41) is 0. The number of hydrogen-bond donors (Lipinski definition) is 2. The fourth-order valence-corrected chi connectivity index (χ4v) is 7.85. The quantitative estimate of drug-likeness (QED) is 0.0373. The summed E-state index contributed by atoms with van der Waals surface area (Å²) >= 11 is 0. The van der Waals surface area contributed by atoms with E-state index in [0.717, 1.165) is 45.6 Å². The number of H-pyrrole nitrogens is 1. The molecule has 4 atom stereocenters. The zero-order valence-electron chi connectivity index (χ0n) is 36.5. The average molecular weight is 831 g/mol. The number of aromatic amines is 1. The second kappa shape index (κ2) is 33.4. The molecule has 0 saturated carbocycles. The van der Waals surface area contributed by atoms with Crippen molar-refractivity contribution in [2.45, 2.75) is 232 Å². The number of phosphoric ester groups is 1. The molecule has 2 unspecified atom stereocenters. The summed E-state index contributed by atoms with van der Waals surface area (Å²) in [7, 11) is -3.22. The van der Waals surface area contributed by atoms with Crippen molar-refractivity contribution in [1.82, 2.24) is 9.55 Å². The fraction of sp³-hybridized carbons (Fsp3) is 0.909. The lowest BCUT2D eigenvalue weighted by Crippen LogP contribution is -2.35. The molecule has 0 radical (unpaired) electrons. The van der Waals surface area contributed by atoms with Gasteiger partial charge in [0.05, 0.1) is 25.9 Å². The first kappa shape index (κ1) is 51.8. The number of phosphoric acid groups is 1. The maximum Gasteiger partial charge on any atom is 0.472 e. The maximum absolute atomic E-state index is 12.7. The summed E-state index contributed by atoms with van der Waals surface area (Å²) in [5.74, 6) is 0. The first-order chi connectivity index (χ1) is 27.7. The Morgan fingerprint density at radius 3 is 1.53 bits per heavy atom. The molecule has 2 N–H and O–H groups in total. The standard InChI is InChI=1S/C44H83N2O10P/c1-5-7-9-11-13-15-17-19-21-23-25-27-29-31-33-52-44(53-34-32-30-28-26-24-22-20-18-16-14-12-10-8-6-2)56-39-35-41(46-36-38(3)42(47)45-43(46)48)55-40(39)37-54-57(49,50)51-4/h36,39-41,44H,5-35,37H2,1-4H3,(H,49,50)(H,45,47,48)/t39-,40?,41-/m1/s1. The third-order valence-electron chi connectivity index (χ3n) is 11.1. The molecule has 334 valence electrons. The van der Waals surface area contributed by atoms with Gasteiger partial charge in [-0.05, 0) is 19.8 Å². The minimum Gasteiger partial charge on any atom is -0.349 e. The number of hydrogen-bond acceptors (Lipinski definition) is 9. The van der Waals surface area contributed by atoms with Crippen LogP contribution in [0.1, 0.15) is 212 Å². The van der Waals surface area contributed by atoms with Crippen molar-refractivity contribution in [2.24, 2.45) is 0 Å². The number of ether oxygens (including phenoxy) is 4. The van der Waals surface area contributed by atoms with Crippen LogP contribution in [0.15, 0.2) is 15.8 Å². The molecule has 57 heavy (non-hydrogen) atoms. The average Bonchev–Trinajstić information content (AvgIpc) is 3.60. The summed E-state index contributed by atoms with van der Waals surface area (Å²) in [5.41, 5.74) is -0.752. The molecule has 1 aromatic rings. The van der Waals surface area contributed by atoms with Crippen LogP contribution in [0.2, 0.25) is 0 Å². The highest BCUT2D eigenvalue weighted by atomic mass is 31.2. The van der Waals surface area contributed by atoms with Crippen LogP contribution in [0.3, 0.4) is 0 Å². The van der Waals surface area contributed by atoms with Crippen LogP contribution in [-0.4, -0.2) is 60.1 Å². The van der Waals surface area contributed by atoms with Crippen molar-refractivity contribution < 1.29 is 37.5 Å². The molecular formula is C44H83N2O10P. The van der Waals surface area contributed by atoms with Crippen molar-refractivity contribution in [2.75, 3.05) is 26.9 Å². The van der Waals surface area contributed by atoms with Crippen LogP contribution in [0.25, 0.3) is 0 Å². The van der Waals surface area contributed by atoms with Gasteiger partial charge in [-0.25, -0.2) is 9.36 Å². The molecule has 0 bridgehead atoms. The molecule has 0 spiro atoms. The summed E-state index contributed by atoms with van der Waals surface area (Å²) in [4.78, 5) is 37.0. The molecule has 2 rings (SSSR count). The lowest BCUT2D eigenvalue weighted by Gasteiger charge is -2.25. The third kappa shape index (κ3) is 25.1. The number of nitrogens with one attached hydrogen (secondary N) is 1. The summed E-state index contributed by atoms with van der Waals surface area (Å²) in [6.07, 6.45) is 34.9. The Morgan fingerprint density at radius 1 is 0.719 bits per heavy atom. The number of unbranched alkanes of at least 4 members (excludes halogenated alkanes) is 26. The van der Waals surface area contributed by atoms with Crippen LogP contribution in [-0.2, 0) is 32.6 Å². The first-order valence-corrected chi connectivity index (χ1v) is 24.6. The van der Waals surface area contributed by atoms with Crippen LogP contribution in [0.4, 0.5) is 0 Å². The smallest absolute Gasteiger partial charge is 0.349 e. The minimum absolute atomic E-state index is 0.197. The first-order valence-electron chi connectivity index (χ1n) is 23.1. The van der Waals surface area contributed by atoms with Gasteiger partial charge in [-0.1, -0.05) is 181 Å². The van der Waals surface area contributed by atoms with Crippen LogP contribution in [0, 0.1) is 6.92 Å². The number of aryl methyl sites for hydroxylation is 1. The van der Waals surface area contributed by atoms with E-state index in [1.807, 2.05) is 0 Å². The fourth-order valence-electron chi connectivity index (χ4n) is 7.41. The summed E-state index contributed by atoms with van der Waals surface area (Å²) < 4.78 is 48.0. The predicted octanol–water partition coefficient (Wildman–Crippen LogP) is 11.6. The normalized spacial score (nSPS) is 18.2. The number of rotatable bonds is 39. The molecule has 1 aromatic heterocycles. The van der Waals surface area contributed by atoms with Gasteiger partial charge < -0.3 is 23.8 Å². The monoisotopic (exact) mass is 831 g/mol. The summed E-state index contributed by atoms with van der Waals surface area (Å²) in [6, 6.07) is 0. The molecule has 0 aliphatic carbocycles. The van der Waals surface area contributed by atoms with Gasteiger partial charge in [0.1, 0.15) is 12.3 Å². The van der Waals surface area contributed by atoms with Crippen LogP contribution >= 0.6 is 7.82 Å². The van der Waals surface area contributed by atoms with Gasteiger partial charge in [0.2, 0.25) is 0 Å². The van der Waals surface area contributed by atoms with E-state index in [2.05, 4.69) is 23.4 Å². The van der Waals surface area contributed by atoms with E-state index in [9.17, 15) is 19.0 Å². The molecule has 1 aliphatic rings. The summed E-state index contributed by atoms with van der Waals surface area (Å²) in [6.45, 7) is 5.75. The van der Waals surface area contributed by atoms with E-state index in [1.165, 1.54) is 152 Å². The second-order valence-electron chi connectivity index (χ2n) is 16.2. The van der Waals surface area contributed by atoms with Gasteiger partial charge in [0.25, 0.3) is 12.0 Å². The Balaban J connectivity index is 1.84. The zero-order chi connectivity index (χ0) is 41.4. The molecule has 2 heterocycles. The highest BCUT2D eigenvalue weighted by Gasteiger charge is 2.41. The zero-order valence-corrected chi connectivity index (χ0v) is 37.4. The number of aromatic nitrogens is 2. The van der Waals surface area contributed by atoms with Gasteiger partial charge in [-0.2, -0.15) is 0 Å². The van der Waals surface area contributed by atoms with Crippen molar-refractivity contribution in [1.29, 1.82) is 0 Å². The van der Waals surface area contributed by atoms with Gasteiger partial charge in [-0.3, -0.25) is 23.4 Å². The van der Waals surface area contributed by atoms with Gasteiger partial charge in [0, 0.05) is 25.3 Å². The van der Waals surface area contributed by atoms with E-state index >= 15 is 0 Å². The molecule has 1 fully saturated rings. The molecular weight excluding hydrogens is 747 g/mol. The highest BCUT2D eigenvalue weighted by molar-refractivity contribution is 7.47. The van der Waals surface area contributed by atoms with Crippen molar-refractivity contribution in [3.8, 4) is 0 Å². The predicted molar refractivity (Wildman–Crippen MR) is 229 cm³/mol. The number of nitrogens with zero attached hydrogens (tertiary/aromatic N) is 1. The lowest BCUT2D eigenvalue weighted by atomic mass is 10.0. The van der Waals surface area contributed by atoms with Crippen molar-refractivity contribution in [3.05, 3.63) is 32.6 Å². The van der Waals surface area contributed by atoms with Gasteiger partial charge >= 0.3 is 13.5 Å². The van der Waals surface area contributed by atoms with Crippen LogP contribution < -0.4 is 11.2 Å². The van der Waals surface area contributed by atoms with E-state index in [4.69, 9.17) is 23.5 Å². The van der Waals surface area contributed by atoms with Gasteiger partial charge in [0.15, 0.2) is 0 Å². The molecule has 13 heteroatoms. The third-order valence-corrected chi connectivity index (χ3v) is 12.0. The van der Waals surface area contributed by atoms with Crippen LogP contribution in [0.5, 0.6) is 0 Å². The Bertz CT molecular complexity index is 1240. The van der Waals surface area contributed by atoms with E-state index in [1.54, 1.807) is 6.92 Å². The Kier molecular flexibility index (Phi) is 30.3. The van der Waals surface area contributed by atoms with E-state index in [-0.39, 0.29) is 13.0 Å². The second-order valence-corrected chi connectivity index (χ2v) is 17.7. The van der Waals surface area contributed by atoms with E-state index in [0.29, 0.717) is 18.8 Å². The molecule has 0 amide bonds. The molecule has 1 saturated heterocycles. The van der Waals surface area contributed by atoms with Gasteiger partial charge in [-0.15, -0.1) is 0 Å².